The summed E-state index contributed by atoms with van der Waals surface area (Å²) in [7, 11) is -4.64. The van der Waals surface area contributed by atoms with Gasteiger partial charge >= 0.3 is 14.0 Å². The molecule has 3 rings (SSSR count). The second-order valence-corrected chi connectivity index (χ2v) is 8.49. The van der Waals surface area contributed by atoms with E-state index < -0.39 is 55.3 Å². The van der Waals surface area contributed by atoms with E-state index in [-0.39, 0.29) is 42.7 Å². The number of imidazole rings is 1. The number of carbonyl (C=O) groups excluding carboxylic acids is 1. The lowest BCUT2D eigenvalue weighted by Crippen LogP contribution is -2.43. The van der Waals surface area contributed by atoms with Crippen LogP contribution in [0.25, 0.3) is 0 Å². The number of rotatable bonds is 4. The number of nitrogens with two attached hydrogens (primary N) is 1. The van der Waals surface area contributed by atoms with Crippen LogP contribution in [0.1, 0.15) is 36.5 Å². The fourth-order valence-corrected chi connectivity index (χ4v) is 3.50. The van der Waals surface area contributed by atoms with E-state index in [0.29, 0.717) is 12.1 Å². The average Bonchev–Trinajstić information content (AvgIpc) is 3.10. The van der Waals surface area contributed by atoms with Gasteiger partial charge in [-0.2, -0.15) is 13.2 Å². The Bertz CT molecular complexity index is 1080. The van der Waals surface area contributed by atoms with Gasteiger partial charge in [0.1, 0.15) is 5.82 Å². The Labute approximate surface area is 194 Å². The maximum Gasteiger partial charge on any atom is 0.466 e. The molecule has 10 nitrogen and oxygen atoms in total. The first-order valence-corrected chi connectivity index (χ1v) is 11.1. The van der Waals surface area contributed by atoms with Crippen LogP contribution in [-0.4, -0.2) is 53.1 Å². The van der Waals surface area contributed by atoms with Crippen LogP contribution in [0.2, 0.25) is 0 Å². The van der Waals surface area contributed by atoms with Crippen LogP contribution in [0, 0.1) is 17.5 Å². The van der Waals surface area contributed by atoms with E-state index in [1.54, 1.807) is 6.92 Å². The van der Waals surface area contributed by atoms with E-state index in [9.17, 15) is 31.1 Å². The Morgan fingerprint density at radius 1 is 1.17 bits per heavy atom. The zero-order valence-electron chi connectivity index (χ0n) is 18.0. The second-order valence-electron chi connectivity index (χ2n) is 7.46. The zero-order chi connectivity index (χ0) is 26.0. The lowest BCUT2D eigenvalue weighted by atomic mass is 10.0. The molecule has 0 saturated heterocycles. The molecule has 17 heteroatoms. The number of alkyl halides is 3. The van der Waals surface area contributed by atoms with Gasteiger partial charge in [-0.05, 0) is 25.0 Å². The molecule has 1 aliphatic heterocycles. The molecular weight excluding hydrogens is 513 g/mol. The summed E-state index contributed by atoms with van der Waals surface area (Å²) in [5, 5.41) is 0. The summed E-state index contributed by atoms with van der Waals surface area (Å²) in [6.07, 6.45) is -3.94. The molecule has 0 unspecified atom stereocenters. The molecule has 2 aromatic rings. The van der Waals surface area contributed by atoms with Crippen LogP contribution in [0.3, 0.4) is 0 Å². The summed E-state index contributed by atoms with van der Waals surface area (Å²) in [5.41, 5.74) is 5.96. The first-order valence-electron chi connectivity index (χ1n) is 9.58. The van der Waals surface area contributed by atoms with Gasteiger partial charge in [-0.3, -0.25) is 4.79 Å². The fraction of sp³-hybridized carbons (Fsp3) is 0.444. The second kappa shape index (κ2) is 11.5. The third-order valence-electron chi connectivity index (χ3n) is 4.93. The molecule has 35 heavy (non-hydrogen) atoms. The molecule has 2 atom stereocenters. The van der Waals surface area contributed by atoms with Gasteiger partial charge in [0.15, 0.2) is 11.6 Å². The van der Waals surface area contributed by atoms with Crippen LogP contribution in [0.5, 0.6) is 0 Å². The summed E-state index contributed by atoms with van der Waals surface area (Å²) in [4.78, 5) is 39.0. The Morgan fingerprint density at radius 3 is 2.26 bits per heavy atom. The highest BCUT2D eigenvalue weighted by Crippen LogP contribution is 2.34. The van der Waals surface area contributed by atoms with E-state index in [4.69, 9.17) is 25.0 Å². The molecule has 2 heterocycles. The molecule has 7 N–H and O–H groups in total. The first kappa shape index (κ1) is 30.5. The van der Waals surface area contributed by atoms with Crippen molar-refractivity contribution in [3.05, 3.63) is 52.9 Å². The Morgan fingerprint density at radius 2 is 1.71 bits per heavy atom. The molecule has 0 saturated carbocycles. The van der Waals surface area contributed by atoms with Crippen molar-refractivity contribution in [1.82, 2.24) is 14.5 Å². The number of amides is 1. The number of carbonyl (C=O) groups is 1. The molecule has 1 aromatic heterocycles. The molecule has 0 spiro atoms. The van der Waals surface area contributed by atoms with Crippen molar-refractivity contribution in [3.63, 3.8) is 0 Å². The summed E-state index contributed by atoms with van der Waals surface area (Å²) < 4.78 is 89.0. The van der Waals surface area contributed by atoms with Crippen molar-refractivity contribution in [1.29, 1.82) is 0 Å². The zero-order valence-corrected chi connectivity index (χ0v) is 18.9. The third kappa shape index (κ3) is 8.30. The van der Waals surface area contributed by atoms with Crippen molar-refractivity contribution in [2.75, 3.05) is 6.54 Å². The van der Waals surface area contributed by atoms with Crippen molar-refractivity contribution in [2.45, 2.75) is 44.6 Å². The van der Waals surface area contributed by atoms with Gasteiger partial charge in [0.25, 0.3) is 0 Å². The molecule has 0 radical (unpaired) electrons. The Balaban J connectivity index is 0.000000927. The SMILES string of the molecule is C[C@@H]1c2cnc(C(F)(F)F)n2CCN1C(=O)C[C@H](N)Cc1cc(F)c(F)cc1F.O.O=P(O)(O)O. The number of nitrogens with zero attached hydrogens (tertiary/aromatic N) is 3. The number of fused-ring (bicyclic) bond motifs is 1. The van der Waals surface area contributed by atoms with E-state index in [0.717, 1.165) is 10.8 Å². The predicted molar refractivity (Wildman–Crippen MR) is 108 cm³/mol. The smallest absolute Gasteiger partial charge is 0.412 e. The van der Waals surface area contributed by atoms with Crippen LogP contribution < -0.4 is 5.73 Å². The summed E-state index contributed by atoms with van der Waals surface area (Å²) in [6, 6.07) is -0.445. The van der Waals surface area contributed by atoms with Gasteiger partial charge in [0.2, 0.25) is 11.7 Å². The van der Waals surface area contributed by atoms with Crippen LogP contribution in [0.15, 0.2) is 18.3 Å². The van der Waals surface area contributed by atoms with Crippen molar-refractivity contribution >= 4 is 13.7 Å². The molecule has 0 fully saturated rings. The predicted octanol–water partition coefficient (Wildman–Crippen LogP) is 1.43. The Kier molecular flexibility index (Phi) is 10.0. The minimum absolute atomic E-state index is 0. The minimum Gasteiger partial charge on any atom is -0.412 e. The maximum atomic E-state index is 13.7. The average molecular weight is 536 g/mol. The maximum absolute atomic E-state index is 13.7. The number of hydrogen-bond acceptors (Lipinski definition) is 4. The molecule has 0 aliphatic carbocycles. The molecule has 198 valence electrons. The number of aromatic nitrogens is 2. The standard InChI is InChI=1S/C18H18F6N4O.H3O4P.H2O/c1-9-15-8-26-17(18(22,23)24)28(15)3-2-27(9)16(29)6-11(25)4-10-5-13(20)14(21)7-12(10)19;1-5(2,3)4;/h5,7-9,11H,2-4,6,25H2,1H3;(H3,1,2,3,4);1H2/t9-,11-;;/m1../s1. The minimum atomic E-state index is -4.64. The topological polar surface area (TPSA) is 173 Å². The number of hydrogen-bond donors (Lipinski definition) is 4. The highest BCUT2D eigenvalue weighted by Gasteiger charge is 2.40. The number of halogens is 6. The summed E-state index contributed by atoms with van der Waals surface area (Å²) >= 11 is 0. The van der Waals surface area contributed by atoms with E-state index in [1.165, 1.54) is 4.90 Å². The van der Waals surface area contributed by atoms with Gasteiger partial charge in [0.05, 0.1) is 17.9 Å². The van der Waals surface area contributed by atoms with Gasteiger partial charge in [-0.15, -0.1) is 0 Å². The summed E-state index contributed by atoms with van der Waals surface area (Å²) in [5.74, 6) is -4.97. The van der Waals surface area contributed by atoms with Crippen LogP contribution >= 0.6 is 7.82 Å². The van der Waals surface area contributed by atoms with E-state index in [2.05, 4.69) is 4.98 Å². The van der Waals surface area contributed by atoms with Gasteiger partial charge in [-0.25, -0.2) is 22.7 Å². The Hall–Kier alpha value is -2.49. The normalized spacial score (nSPS) is 16.5. The van der Waals surface area contributed by atoms with Crippen molar-refractivity contribution in [3.8, 4) is 0 Å². The molecular formula is C18H23F6N4O6P. The van der Waals surface area contributed by atoms with Crippen LogP contribution in [-0.2, 0) is 28.5 Å². The fourth-order valence-electron chi connectivity index (χ4n) is 3.50. The lowest BCUT2D eigenvalue weighted by Gasteiger charge is -2.35. The third-order valence-corrected chi connectivity index (χ3v) is 4.93. The first-order chi connectivity index (χ1) is 15.5. The van der Waals surface area contributed by atoms with E-state index in [1.807, 2.05) is 0 Å². The molecule has 1 amide bonds. The molecule has 1 aliphatic rings. The summed E-state index contributed by atoms with van der Waals surface area (Å²) in [6.45, 7) is 1.53. The van der Waals surface area contributed by atoms with Crippen molar-refractivity contribution in [2.24, 2.45) is 5.73 Å². The molecule has 1 aromatic carbocycles. The van der Waals surface area contributed by atoms with Gasteiger partial charge < -0.3 is 35.4 Å². The van der Waals surface area contributed by atoms with Gasteiger partial charge in [0, 0.05) is 31.6 Å². The highest BCUT2D eigenvalue weighted by molar-refractivity contribution is 7.45. The van der Waals surface area contributed by atoms with Gasteiger partial charge in [-0.1, -0.05) is 0 Å². The highest BCUT2D eigenvalue weighted by atomic mass is 31.2. The van der Waals surface area contributed by atoms with Crippen molar-refractivity contribution < 1.29 is 55.9 Å². The quantitative estimate of drug-likeness (QED) is 0.260. The lowest BCUT2D eigenvalue weighted by molar-refractivity contribution is -0.148. The number of benzene rings is 1. The monoisotopic (exact) mass is 536 g/mol. The molecule has 0 bridgehead atoms. The largest absolute Gasteiger partial charge is 0.466 e. The number of phosphoric acid groups is 1. The van der Waals surface area contributed by atoms with E-state index >= 15 is 0 Å². The van der Waals surface area contributed by atoms with Crippen LogP contribution in [0.4, 0.5) is 26.3 Å².